The highest BCUT2D eigenvalue weighted by atomic mass is 19.4. The van der Waals surface area contributed by atoms with Gasteiger partial charge in [-0.1, -0.05) is 0 Å². The van der Waals surface area contributed by atoms with Crippen LogP contribution < -0.4 is 10.2 Å². The molecule has 0 amide bonds. The highest BCUT2D eigenvalue weighted by Gasteiger charge is 2.38. The van der Waals surface area contributed by atoms with E-state index in [1.54, 1.807) is 6.33 Å². The first-order valence-electron chi connectivity index (χ1n) is 13.7. The van der Waals surface area contributed by atoms with Gasteiger partial charge in [0.1, 0.15) is 5.52 Å². The summed E-state index contributed by atoms with van der Waals surface area (Å²) in [5.41, 5.74) is 1.48. The second-order valence-corrected chi connectivity index (χ2v) is 10.5. The summed E-state index contributed by atoms with van der Waals surface area (Å²) >= 11 is 0. The van der Waals surface area contributed by atoms with Crippen LogP contribution in [0.3, 0.4) is 0 Å². The number of rotatable bonds is 9. The number of imidazole rings is 1. The Bertz CT molecular complexity index is 1140. The molecule has 41 heavy (non-hydrogen) atoms. The van der Waals surface area contributed by atoms with E-state index in [1.807, 2.05) is 16.5 Å². The number of carbonyl (C=O) groups is 1. The van der Waals surface area contributed by atoms with E-state index >= 15 is 0 Å². The minimum absolute atomic E-state index is 0.0776. The number of nitrogens with one attached hydrogen (secondary N) is 1. The van der Waals surface area contributed by atoms with Gasteiger partial charge in [-0.15, -0.1) is 0 Å². The van der Waals surface area contributed by atoms with Crippen molar-refractivity contribution in [3.63, 3.8) is 0 Å². The summed E-state index contributed by atoms with van der Waals surface area (Å²) in [6, 6.07) is 0.0776. The molecule has 5 heterocycles. The molecule has 5 rings (SSSR count). The number of anilines is 2. The van der Waals surface area contributed by atoms with Crippen molar-refractivity contribution in [1.29, 1.82) is 0 Å². The Balaban J connectivity index is 0.000000493. The number of fused-ring (bicyclic) bond motifs is 1. The number of alkyl halides is 5. The minimum Gasteiger partial charge on any atom is -0.475 e. The number of nitrogens with zero attached hydrogens (tertiary/aromatic N) is 6. The van der Waals surface area contributed by atoms with Crippen LogP contribution in [-0.2, 0) is 21.3 Å². The zero-order valence-electron chi connectivity index (χ0n) is 22.8. The van der Waals surface area contributed by atoms with Gasteiger partial charge in [-0.25, -0.2) is 18.6 Å². The average Bonchev–Trinajstić information content (AvgIpc) is 3.68. The van der Waals surface area contributed by atoms with E-state index in [2.05, 4.69) is 15.2 Å². The summed E-state index contributed by atoms with van der Waals surface area (Å²) < 4.78 is 71.1. The summed E-state index contributed by atoms with van der Waals surface area (Å²) in [7, 11) is 1.92. The van der Waals surface area contributed by atoms with E-state index in [-0.39, 0.29) is 18.7 Å². The van der Waals surface area contributed by atoms with Crippen molar-refractivity contribution in [2.24, 2.45) is 13.0 Å². The highest BCUT2D eigenvalue weighted by Crippen LogP contribution is 2.27. The number of ether oxygens (including phenoxy) is 2. The van der Waals surface area contributed by atoms with E-state index in [0.717, 1.165) is 77.1 Å². The van der Waals surface area contributed by atoms with Gasteiger partial charge in [0.15, 0.2) is 11.5 Å². The number of likely N-dealkylation sites (tertiary alicyclic amines) is 1. The SMILES string of the molecule is Cn1cnc2nc(N3CCC(OCC4CCOC4)CC3)nc(NCC3CCCN3CC(F)F)c21.O=C(O)C(F)(F)F. The molecule has 2 atom stereocenters. The van der Waals surface area contributed by atoms with Crippen molar-refractivity contribution >= 4 is 28.9 Å². The topological polar surface area (TPSA) is 118 Å². The van der Waals surface area contributed by atoms with Crippen LogP contribution in [0.15, 0.2) is 6.33 Å². The van der Waals surface area contributed by atoms with E-state index < -0.39 is 18.6 Å². The van der Waals surface area contributed by atoms with Crippen LogP contribution in [0.2, 0.25) is 0 Å². The Hall–Kier alpha value is -2.85. The lowest BCUT2D eigenvalue weighted by molar-refractivity contribution is -0.192. The summed E-state index contributed by atoms with van der Waals surface area (Å²) in [6.45, 7) is 5.21. The maximum Gasteiger partial charge on any atom is 0.490 e. The van der Waals surface area contributed by atoms with Crippen LogP contribution in [0.1, 0.15) is 32.1 Å². The molecule has 3 aliphatic rings. The Morgan fingerprint density at radius 1 is 1.20 bits per heavy atom. The highest BCUT2D eigenvalue weighted by molar-refractivity contribution is 5.84. The normalized spacial score (nSPS) is 22.4. The Morgan fingerprint density at radius 2 is 1.93 bits per heavy atom. The van der Waals surface area contributed by atoms with Crippen molar-refractivity contribution in [3.05, 3.63) is 6.33 Å². The lowest BCUT2D eigenvalue weighted by atomic mass is 10.1. The molecule has 11 nitrogen and oxygen atoms in total. The third-order valence-electron chi connectivity index (χ3n) is 7.50. The molecule has 0 spiro atoms. The van der Waals surface area contributed by atoms with Crippen molar-refractivity contribution in [1.82, 2.24) is 24.4 Å². The van der Waals surface area contributed by atoms with Gasteiger partial charge in [0.25, 0.3) is 6.43 Å². The molecule has 2 N–H and O–H groups in total. The number of hydrogen-bond acceptors (Lipinski definition) is 9. The summed E-state index contributed by atoms with van der Waals surface area (Å²) in [4.78, 5) is 27.0. The molecule has 2 aromatic heterocycles. The van der Waals surface area contributed by atoms with Gasteiger partial charge >= 0.3 is 12.1 Å². The maximum atomic E-state index is 12.9. The molecule has 0 aliphatic carbocycles. The smallest absolute Gasteiger partial charge is 0.475 e. The predicted molar refractivity (Wildman–Crippen MR) is 139 cm³/mol. The van der Waals surface area contributed by atoms with Crippen LogP contribution in [0.4, 0.5) is 33.7 Å². The zero-order chi connectivity index (χ0) is 29.6. The first-order chi connectivity index (χ1) is 19.5. The largest absolute Gasteiger partial charge is 0.490 e. The molecule has 2 unspecified atom stereocenters. The van der Waals surface area contributed by atoms with Gasteiger partial charge in [-0.3, -0.25) is 4.90 Å². The van der Waals surface area contributed by atoms with Gasteiger partial charge in [-0.2, -0.15) is 23.1 Å². The second-order valence-electron chi connectivity index (χ2n) is 10.5. The van der Waals surface area contributed by atoms with E-state index in [4.69, 9.17) is 29.3 Å². The molecule has 0 aromatic carbocycles. The fourth-order valence-electron chi connectivity index (χ4n) is 5.28. The van der Waals surface area contributed by atoms with Crippen LogP contribution in [0.5, 0.6) is 0 Å². The summed E-state index contributed by atoms with van der Waals surface area (Å²) in [6.07, 6.45) is -0.584. The van der Waals surface area contributed by atoms with Crippen molar-refractivity contribution in [2.75, 3.05) is 62.8 Å². The zero-order valence-corrected chi connectivity index (χ0v) is 22.8. The van der Waals surface area contributed by atoms with Gasteiger partial charge in [0.2, 0.25) is 5.95 Å². The third-order valence-corrected chi connectivity index (χ3v) is 7.50. The lowest BCUT2D eigenvalue weighted by Gasteiger charge is -2.32. The van der Waals surface area contributed by atoms with Gasteiger partial charge < -0.3 is 29.4 Å². The maximum absolute atomic E-state index is 12.9. The van der Waals surface area contributed by atoms with Crippen LogP contribution in [-0.4, -0.2) is 113 Å². The standard InChI is InChI=1S/C23H35F2N7O2.C2HF3O2/c1-30-15-27-22-20(30)21(26-11-17-3-2-7-32(17)12-19(24)25)28-23(29-22)31-8-4-18(5-9-31)34-14-16-6-10-33-13-16;3-2(4,5)1(6)7/h15-19H,2-14H2,1H3,(H,26,28,29);(H,6,7). The third kappa shape index (κ3) is 8.58. The van der Waals surface area contributed by atoms with E-state index in [1.165, 1.54) is 0 Å². The Labute approximate surface area is 234 Å². The van der Waals surface area contributed by atoms with Crippen molar-refractivity contribution < 1.29 is 41.3 Å². The number of aryl methyl sites for hydroxylation is 1. The fraction of sp³-hybridized carbons (Fsp3) is 0.760. The number of carboxylic acid groups (broad SMARTS) is 1. The van der Waals surface area contributed by atoms with Crippen molar-refractivity contribution in [3.8, 4) is 0 Å². The molecule has 3 saturated heterocycles. The molecule has 3 fully saturated rings. The van der Waals surface area contributed by atoms with Gasteiger partial charge in [-0.05, 0) is 38.6 Å². The number of carboxylic acids is 1. The first kappa shape index (κ1) is 31.1. The summed E-state index contributed by atoms with van der Waals surface area (Å²) in [5.74, 6) is -0.860. The van der Waals surface area contributed by atoms with Gasteiger partial charge in [0, 0.05) is 45.2 Å². The molecule has 0 bridgehead atoms. The van der Waals surface area contributed by atoms with Crippen LogP contribution in [0, 0.1) is 5.92 Å². The number of hydrogen-bond donors (Lipinski definition) is 2. The average molecular weight is 594 g/mol. The molecular weight excluding hydrogens is 557 g/mol. The Kier molecular flexibility index (Phi) is 10.5. The fourth-order valence-corrected chi connectivity index (χ4v) is 5.28. The lowest BCUT2D eigenvalue weighted by Crippen LogP contribution is -2.39. The second kappa shape index (κ2) is 13.9. The molecular formula is C25H36F5N7O4. The summed E-state index contributed by atoms with van der Waals surface area (Å²) in [5, 5.41) is 10.6. The van der Waals surface area contributed by atoms with E-state index in [9.17, 15) is 22.0 Å². The Morgan fingerprint density at radius 3 is 2.56 bits per heavy atom. The van der Waals surface area contributed by atoms with E-state index in [0.29, 0.717) is 29.9 Å². The molecule has 0 radical (unpaired) electrons. The molecule has 0 saturated carbocycles. The number of piperidine rings is 1. The molecule has 230 valence electrons. The first-order valence-corrected chi connectivity index (χ1v) is 13.7. The van der Waals surface area contributed by atoms with Crippen LogP contribution in [0.25, 0.3) is 11.2 Å². The molecule has 3 aliphatic heterocycles. The number of aliphatic carboxylic acids is 1. The molecule has 2 aromatic rings. The van der Waals surface area contributed by atoms with Crippen LogP contribution >= 0.6 is 0 Å². The predicted octanol–water partition coefficient (Wildman–Crippen LogP) is 3.16. The van der Waals surface area contributed by atoms with Crippen molar-refractivity contribution in [2.45, 2.75) is 56.9 Å². The minimum atomic E-state index is -5.08. The number of aromatic nitrogens is 4. The number of halogens is 5. The quantitative estimate of drug-likeness (QED) is 0.420. The molecule has 16 heteroatoms. The van der Waals surface area contributed by atoms with Gasteiger partial charge in [0.05, 0.1) is 32.2 Å². The monoisotopic (exact) mass is 593 g/mol.